The third kappa shape index (κ3) is 5.22. The third-order valence-electron chi connectivity index (χ3n) is 5.57. The molecule has 3 N–H and O–H groups in total. The van der Waals surface area contributed by atoms with Crippen LogP contribution in [-0.2, 0) is 27.2 Å². The molecule has 0 saturated carbocycles. The van der Waals surface area contributed by atoms with Gasteiger partial charge >= 0.3 is 0 Å². The number of hydrogen-bond acceptors (Lipinski definition) is 6. The van der Waals surface area contributed by atoms with Gasteiger partial charge in [-0.1, -0.05) is 24.3 Å². The fourth-order valence-corrected chi connectivity index (χ4v) is 4.00. The van der Waals surface area contributed by atoms with Crippen molar-refractivity contribution in [3.8, 4) is 0 Å². The Morgan fingerprint density at radius 3 is 2.38 bits per heavy atom. The van der Waals surface area contributed by atoms with Crippen LogP contribution in [0.4, 0.5) is 0 Å². The summed E-state index contributed by atoms with van der Waals surface area (Å²) in [6.07, 6.45) is 4.13. The minimum Gasteiger partial charge on any atom is -0.388 e. The van der Waals surface area contributed by atoms with Crippen LogP contribution in [-0.4, -0.2) is 59.4 Å². The molecule has 1 unspecified atom stereocenters. The molecule has 1 aliphatic rings. The van der Waals surface area contributed by atoms with Crippen molar-refractivity contribution >= 4 is 34.9 Å². The van der Waals surface area contributed by atoms with Gasteiger partial charge < -0.3 is 14.5 Å². The molecule has 1 atom stereocenters. The Bertz CT molecular complexity index is 1170. The number of aromatic amines is 1. The van der Waals surface area contributed by atoms with Crippen molar-refractivity contribution in [2.45, 2.75) is 31.7 Å². The van der Waals surface area contributed by atoms with Gasteiger partial charge in [0.1, 0.15) is 6.29 Å². The van der Waals surface area contributed by atoms with E-state index in [-0.39, 0.29) is 12.8 Å². The lowest BCUT2D eigenvalue weighted by atomic mass is 10.0. The van der Waals surface area contributed by atoms with Gasteiger partial charge in [0.25, 0.3) is 11.8 Å². The van der Waals surface area contributed by atoms with Crippen molar-refractivity contribution in [3.63, 3.8) is 0 Å². The van der Waals surface area contributed by atoms with E-state index in [1.165, 1.54) is 0 Å². The zero-order valence-electron chi connectivity index (χ0n) is 19.0. The summed E-state index contributed by atoms with van der Waals surface area (Å²) in [6, 6.07) is 11.5. The second-order valence-electron chi connectivity index (χ2n) is 7.92. The lowest BCUT2D eigenvalue weighted by Gasteiger charge is -2.21. The standard InChI is InChI=1S/C23H21N3O5.C2H6O/c27-13-16(26-22(29)18-5-1-2-6-19(18)23(26)30)11-15-12-24-20-10-14(8-9-17(15)20)4-3-7-21(28)25-31;1-3-2/h1-2,5-6,8-10,12-13,16,24,31H,3-4,7,11H2,(H,25,28);1-2H3. The molecule has 0 aliphatic carbocycles. The summed E-state index contributed by atoms with van der Waals surface area (Å²) >= 11 is 0. The summed E-state index contributed by atoms with van der Waals surface area (Å²) in [7, 11) is 3.25. The predicted octanol–water partition coefficient (Wildman–Crippen LogP) is 2.66. The van der Waals surface area contributed by atoms with E-state index < -0.39 is 23.8 Å². The lowest BCUT2D eigenvalue weighted by Crippen LogP contribution is -2.42. The Kier molecular flexibility index (Phi) is 8.29. The van der Waals surface area contributed by atoms with E-state index in [2.05, 4.69) is 9.72 Å². The number of ether oxygens (including phenoxy) is 1. The number of fused-ring (bicyclic) bond motifs is 2. The van der Waals surface area contributed by atoms with Crippen LogP contribution in [0.15, 0.2) is 48.7 Å². The van der Waals surface area contributed by atoms with Crippen molar-refractivity contribution in [2.75, 3.05) is 14.2 Å². The Hall–Kier alpha value is -3.82. The van der Waals surface area contributed by atoms with Gasteiger partial charge in [-0.25, -0.2) is 5.48 Å². The second kappa shape index (κ2) is 11.4. The van der Waals surface area contributed by atoms with E-state index in [4.69, 9.17) is 5.21 Å². The molecule has 3 aromatic rings. The number of amides is 3. The monoisotopic (exact) mass is 465 g/mol. The van der Waals surface area contributed by atoms with Crippen LogP contribution < -0.4 is 5.48 Å². The zero-order valence-corrected chi connectivity index (χ0v) is 19.0. The van der Waals surface area contributed by atoms with Crippen LogP contribution in [0.1, 0.15) is 44.7 Å². The number of rotatable bonds is 8. The lowest BCUT2D eigenvalue weighted by molar-refractivity contribution is -0.129. The number of nitrogens with zero attached hydrogens (tertiary/aromatic N) is 1. The molecule has 178 valence electrons. The number of hydrogen-bond donors (Lipinski definition) is 3. The maximum Gasteiger partial charge on any atom is 0.262 e. The molecule has 2 aromatic carbocycles. The summed E-state index contributed by atoms with van der Waals surface area (Å²) in [5, 5.41) is 9.46. The van der Waals surface area contributed by atoms with Crippen LogP contribution in [0.25, 0.3) is 10.9 Å². The fourth-order valence-electron chi connectivity index (χ4n) is 4.00. The molecule has 0 bridgehead atoms. The van der Waals surface area contributed by atoms with Crippen LogP contribution in [0, 0.1) is 0 Å². The number of hydroxylamine groups is 1. The predicted molar refractivity (Wildman–Crippen MR) is 125 cm³/mol. The van der Waals surface area contributed by atoms with Gasteiger partial charge in [0.05, 0.1) is 17.2 Å². The molecule has 0 spiro atoms. The second-order valence-corrected chi connectivity index (χ2v) is 7.92. The van der Waals surface area contributed by atoms with Crippen molar-refractivity contribution in [1.82, 2.24) is 15.4 Å². The molecule has 34 heavy (non-hydrogen) atoms. The average molecular weight is 466 g/mol. The number of nitrogens with one attached hydrogen (secondary N) is 2. The fraction of sp³-hybridized carbons (Fsp3) is 0.280. The number of benzene rings is 2. The molecular formula is C25H27N3O6. The molecular weight excluding hydrogens is 438 g/mol. The van der Waals surface area contributed by atoms with Gasteiger partial charge in [-0.3, -0.25) is 24.5 Å². The topological polar surface area (TPSA) is 129 Å². The number of aryl methyl sites for hydroxylation is 1. The van der Waals surface area contributed by atoms with Crippen LogP contribution in [0.5, 0.6) is 0 Å². The molecule has 9 nitrogen and oxygen atoms in total. The first kappa shape index (κ1) is 24.8. The Labute approximate surface area is 196 Å². The summed E-state index contributed by atoms with van der Waals surface area (Å²) in [6.45, 7) is 0. The molecule has 1 aliphatic heterocycles. The highest BCUT2D eigenvalue weighted by atomic mass is 16.5. The van der Waals surface area contributed by atoms with Crippen molar-refractivity contribution in [1.29, 1.82) is 0 Å². The van der Waals surface area contributed by atoms with Crippen molar-refractivity contribution in [2.24, 2.45) is 0 Å². The number of carbonyl (C=O) groups excluding carboxylic acids is 4. The summed E-state index contributed by atoms with van der Waals surface area (Å²) in [4.78, 5) is 52.6. The highest BCUT2D eigenvalue weighted by Crippen LogP contribution is 2.27. The highest BCUT2D eigenvalue weighted by Gasteiger charge is 2.39. The van der Waals surface area contributed by atoms with Crippen LogP contribution in [0.2, 0.25) is 0 Å². The van der Waals surface area contributed by atoms with E-state index in [0.29, 0.717) is 30.3 Å². The first-order valence-electron chi connectivity index (χ1n) is 10.8. The molecule has 0 fully saturated rings. The molecule has 4 rings (SSSR count). The molecule has 3 amide bonds. The number of imide groups is 1. The van der Waals surface area contributed by atoms with E-state index >= 15 is 0 Å². The SMILES string of the molecule is COC.O=CC(Cc1c[nH]c2cc(CCCC(=O)NO)ccc12)N1C(=O)c2ccccc2C1=O. The maximum atomic E-state index is 12.7. The number of H-pyrrole nitrogens is 1. The van der Waals surface area contributed by atoms with Gasteiger partial charge in [-0.2, -0.15) is 0 Å². The quantitative estimate of drug-likeness (QED) is 0.203. The van der Waals surface area contributed by atoms with Crippen molar-refractivity contribution in [3.05, 3.63) is 70.9 Å². The van der Waals surface area contributed by atoms with Gasteiger partial charge in [0.15, 0.2) is 0 Å². The van der Waals surface area contributed by atoms with E-state index in [0.717, 1.165) is 26.9 Å². The van der Waals surface area contributed by atoms with Gasteiger partial charge in [-0.05, 0) is 42.2 Å². The maximum absolute atomic E-state index is 12.7. The molecule has 1 aromatic heterocycles. The van der Waals surface area contributed by atoms with E-state index in [1.54, 1.807) is 50.2 Å². The number of aromatic nitrogens is 1. The van der Waals surface area contributed by atoms with Crippen molar-refractivity contribution < 1.29 is 29.1 Å². The summed E-state index contributed by atoms with van der Waals surface area (Å²) in [5.74, 6) is -1.32. The minimum absolute atomic E-state index is 0.213. The normalized spacial score (nSPS) is 13.3. The first-order chi connectivity index (χ1) is 16.4. The number of methoxy groups -OCH3 is 1. The Balaban J connectivity index is 0.00000103. The molecule has 0 radical (unpaired) electrons. The smallest absolute Gasteiger partial charge is 0.262 e. The van der Waals surface area contributed by atoms with E-state index in [9.17, 15) is 19.2 Å². The Morgan fingerprint density at radius 1 is 1.15 bits per heavy atom. The largest absolute Gasteiger partial charge is 0.388 e. The summed E-state index contributed by atoms with van der Waals surface area (Å²) < 4.78 is 4.25. The number of aldehydes is 1. The molecule has 0 saturated heterocycles. The first-order valence-corrected chi connectivity index (χ1v) is 10.8. The van der Waals surface area contributed by atoms with Crippen LogP contribution >= 0.6 is 0 Å². The summed E-state index contributed by atoms with van der Waals surface area (Å²) in [5.41, 5.74) is 4.97. The van der Waals surface area contributed by atoms with Gasteiger partial charge in [-0.15, -0.1) is 0 Å². The number of carbonyl (C=O) groups is 4. The minimum atomic E-state index is -0.900. The zero-order chi connectivity index (χ0) is 24.7. The van der Waals surface area contributed by atoms with E-state index in [1.807, 2.05) is 18.2 Å². The molecule has 2 heterocycles. The van der Waals surface area contributed by atoms with Gasteiger partial charge in [0, 0.05) is 44.2 Å². The Morgan fingerprint density at radius 2 is 1.79 bits per heavy atom. The third-order valence-corrected chi connectivity index (χ3v) is 5.57. The van der Waals surface area contributed by atoms with Gasteiger partial charge in [0.2, 0.25) is 5.91 Å². The highest BCUT2D eigenvalue weighted by molar-refractivity contribution is 6.22. The van der Waals surface area contributed by atoms with Crippen LogP contribution in [0.3, 0.4) is 0 Å². The molecule has 9 heteroatoms. The average Bonchev–Trinajstić information content (AvgIpc) is 3.36.